The van der Waals surface area contributed by atoms with Gasteiger partial charge in [-0.3, -0.25) is 19.2 Å². The summed E-state index contributed by atoms with van der Waals surface area (Å²) in [6, 6.07) is 11.1. The van der Waals surface area contributed by atoms with Gasteiger partial charge in [0.15, 0.2) is 0 Å². The highest BCUT2D eigenvalue weighted by Gasteiger charge is 2.38. The van der Waals surface area contributed by atoms with Gasteiger partial charge in [-0.25, -0.2) is 4.79 Å². The zero-order valence-electron chi connectivity index (χ0n) is 36.9. The molecule has 2 amide bonds. The van der Waals surface area contributed by atoms with Gasteiger partial charge in [0, 0.05) is 104 Å². The van der Waals surface area contributed by atoms with Crippen molar-refractivity contribution < 1.29 is 24.2 Å². The molecule has 8 rings (SSSR count). The Morgan fingerprint density at radius 1 is 0.935 bits per heavy atom. The zero-order chi connectivity index (χ0) is 44.5. The van der Waals surface area contributed by atoms with E-state index in [-0.39, 0.29) is 36.5 Å². The summed E-state index contributed by atoms with van der Waals surface area (Å²) in [5.41, 5.74) is 9.41. The Kier molecular flexibility index (Phi) is 11.7. The van der Waals surface area contributed by atoms with Crippen molar-refractivity contribution in [2.75, 3.05) is 69.8 Å². The van der Waals surface area contributed by atoms with Crippen LogP contribution in [0.1, 0.15) is 68.3 Å². The summed E-state index contributed by atoms with van der Waals surface area (Å²) in [5.74, 6) is -0.712. The molecule has 3 aromatic heterocycles. The van der Waals surface area contributed by atoms with Crippen molar-refractivity contribution in [3.63, 3.8) is 0 Å². The maximum atomic E-state index is 15.6. The van der Waals surface area contributed by atoms with Crippen molar-refractivity contribution in [2.45, 2.75) is 53.5 Å². The molecule has 326 valence electrons. The number of halogens is 2. The number of fused-ring (bicyclic) bond motifs is 4. The van der Waals surface area contributed by atoms with Crippen molar-refractivity contribution >= 4 is 74.2 Å². The predicted molar refractivity (Wildman–Crippen MR) is 247 cm³/mol. The second-order valence-corrected chi connectivity index (χ2v) is 17.9. The summed E-state index contributed by atoms with van der Waals surface area (Å²) >= 11 is 13.6. The summed E-state index contributed by atoms with van der Waals surface area (Å²) in [4.78, 5) is 49.9. The Labute approximate surface area is 371 Å². The van der Waals surface area contributed by atoms with Crippen LogP contribution < -0.4 is 14.5 Å². The van der Waals surface area contributed by atoms with E-state index >= 15 is 4.79 Å². The van der Waals surface area contributed by atoms with Crippen LogP contribution in [-0.2, 0) is 25.3 Å². The molecular weight excluding hydrogens is 827 g/mol. The van der Waals surface area contributed by atoms with Crippen molar-refractivity contribution in [3.8, 4) is 16.9 Å². The lowest BCUT2D eigenvalue weighted by atomic mass is 9.98. The summed E-state index contributed by atoms with van der Waals surface area (Å²) in [6.07, 6.45) is 2.70. The van der Waals surface area contributed by atoms with E-state index in [9.17, 15) is 14.7 Å². The van der Waals surface area contributed by atoms with E-state index in [1.54, 1.807) is 40.7 Å². The SMILES string of the molecule is Cc1cc(OCCCc2c3n(c4c(-c5c(C)nn(C)c5C)c(Cl)ccc24)C(C)CN(c2cc(N(C)C(=O)CN4CCN(C)CC4)cc4c(C(=O)O)cn(C)c24)C3=O)cc(C)c1Cl. The predicted octanol–water partition coefficient (Wildman–Crippen LogP) is 8.22. The largest absolute Gasteiger partial charge is 0.494 e. The third-order valence-electron chi connectivity index (χ3n) is 12.8. The highest BCUT2D eigenvalue weighted by atomic mass is 35.5. The lowest BCUT2D eigenvalue weighted by molar-refractivity contribution is -0.119. The third-order valence-corrected chi connectivity index (χ3v) is 13.8. The maximum absolute atomic E-state index is 15.6. The molecule has 1 N–H and O–H groups in total. The number of aryl methyl sites for hydroxylation is 6. The first-order valence-corrected chi connectivity index (χ1v) is 21.8. The molecule has 62 heavy (non-hydrogen) atoms. The van der Waals surface area contributed by atoms with Crippen LogP contribution in [0.4, 0.5) is 11.4 Å². The van der Waals surface area contributed by atoms with Gasteiger partial charge in [-0.2, -0.15) is 5.10 Å². The fraction of sp³-hybridized carbons (Fsp3) is 0.404. The molecule has 13 nitrogen and oxygen atoms in total. The quantitative estimate of drug-likeness (QED) is 0.129. The number of carboxylic acids is 1. The Balaban J connectivity index is 1.26. The summed E-state index contributed by atoms with van der Waals surface area (Å²) < 4.78 is 12.0. The molecule has 3 aromatic carbocycles. The number of piperazine rings is 1. The minimum atomic E-state index is -1.09. The average Bonchev–Trinajstić information content (AvgIpc) is 3.84. The van der Waals surface area contributed by atoms with Crippen LogP contribution in [0, 0.1) is 27.7 Å². The number of ether oxygens (including phenoxy) is 1. The molecule has 5 heterocycles. The number of anilines is 2. The van der Waals surface area contributed by atoms with E-state index in [0.717, 1.165) is 87.1 Å². The van der Waals surface area contributed by atoms with E-state index in [1.807, 2.05) is 69.8 Å². The topological polar surface area (TPSA) is 121 Å². The van der Waals surface area contributed by atoms with Crippen molar-refractivity contribution in [3.05, 3.63) is 92.0 Å². The van der Waals surface area contributed by atoms with Gasteiger partial charge < -0.3 is 33.7 Å². The molecule has 2 aliphatic heterocycles. The highest BCUT2D eigenvalue weighted by molar-refractivity contribution is 6.35. The number of amides is 2. The molecule has 1 unspecified atom stereocenters. The maximum Gasteiger partial charge on any atom is 0.337 e. The average molecular weight is 882 g/mol. The normalized spacial score (nSPS) is 16.1. The van der Waals surface area contributed by atoms with Crippen LogP contribution in [0.5, 0.6) is 5.75 Å². The number of carbonyl (C=O) groups excluding carboxylic acids is 2. The van der Waals surface area contributed by atoms with Crippen molar-refractivity contribution in [1.29, 1.82) is 0 Å². The highest BCUT2D eigenvalue weighted by Crippen LogP contribution is 2.46. The van der Waals surface area contributed by atoms with Gasteiger partial charge in [0.1, 0.15) is 11.4 Å². The zero-order valence-corrected chi connectivity index (χ0v) is 38.4. The molecule has 1 atom stereocenters. The Hall–Kier alpha value is -5.34. The summed E-state index contributed by atoms with van der Waals surface area (Å²) in [6.45, 7) is 14.2. The van der Waals surface area contributed by atoms with Crippen LogP contribution in [0.15, 0.2) is 42.6 Å². The van der Waals surface area contributed by atoms with Crippen LogP contribution >= 0.6 is 23.2 Å². The molecule has 1 saturated heterocycles. The molecule has 1 fully saturated rings. The molecule has 15 heteroatoms. The fourth-order valence-corrected chi connectivity index (χ4v) is 9.82. The minimum absolute atomic E-state index is 0.0883. The summed E-state index contributed by atoms with van der Waals surface area (Å²) in [7, 11) is 7.49. The number of hydrogen-bond acceptors (Lipinski definition) is 7. The number of aromatic carboxylic acids is 1. The first-order chi connectivity index (χ1) is 29.5. The Bertz CT molecular complexity index is 2770. The van der Waals surface area contributed by atoms with Gasteiger partial charge in [0.2, 0.25) is 5.91 Å². The lowest BCUT2D eigenvalue weighted by Gasteiger charge is -2.35. The van der Waals surface area contributed by atoms with Crippen LogP contribution in [0.2, 0.25) is 10.0 Å². The number of carboxylic acid groups (broad SMARTS) is 1. The molecule has 6 aromatic rings. The first-order valence-electron chi connectivity index (χ1n) is 21.1. The Morgan fingerprint density at radius 2 is 1.63 bits per heavy atom. The standard InChI is InChI=1S/C47H54Cl2N8O5/c1-26-19-32(20-27(2)42(26)49)62-18-10-11-33-34-12-13-37(48)41(40-29(4)50-54(9)30(40)5)44(34)57-28(3)23-56(46(59)45(33)57)38-22-31(21-35-36(47(60)61)24-52(7)43(35)38)53(8)39(58)25-55-16-14-51(6)15-17-55/h12-13,19-22,24,28H,10-11,14-18,23,25H2,1-9H3,(H,60,61). The second kappa shape index (κ2) is 16.7. The molecule has 0 aliphatic carbocycles. The smallest absolute Gasteiger partial charge is 0.337 e. The first kappa shape index (κ1) is 43.3. The third kappa shape index (κ3) is 7.52. The number of benzene rings is 3. The van der Waals surface area contributed by atoms with Crippen LogP contribution in [-0.4, -0.2) is 112 Å². The number of likely N-dealkylation sites (N-methyl/N-ethyl adjacent to an activating group) is 2. The summed E-state index contributed by atoms with van der Waals surface area (Å²) in [5, 5.41) is 17.8. The van der Waals surface area contributed by atoms with Crippen molar-refractivity contribution in [1.82, 2.24) is 28.7 Å². The molecule has 0 radical (unpaired) electrons. The van der Waals surface area contributed by atoms with E-state index < -0.39 is 5.97 Å². The number of carbonyl (C=O) groups is 3. The number of aromatic nitrogens is 4. The monoisotopic (exact) mass is 880 g/mol. The molecule has 0 spiro atoms. The van der Waals surface area contributed by atoms with Crippen LogP contribution in [0.25, 0.3) is 32.9 Å². The van der Waals surface area contributed by atoms with Crippen molar-refractivity contribution in [2.24, 2.45) is 14.1 Å². The number of rotatable bonds is 11. The lowest BCUT2D eigenvalue weighted by Crippen LogP contribution is -2.48. The van der Waals surface area contributed by atoms with E-state index in [0.29, 0.717) is 52.4 Å². The Morgan fingerprint density at radius 3 is 2.27 bits per heavy atom. The fourth-order valence-electron chi connectivity index (χ4n) is 9.46. The van der Waals surface area contributed by atoms with E-state index in [1.165, 1.54) is 0 Å². The minimum Gasteiger partial charge on any atom is -0.494 e. The van der Waals surface area contributed by atoms with Gasteiger partial charge in [-0.1, -0.05) is 29.3 Å². The van der Waals surface area contributed by atoms with E-state index in [2.05, 4.69) is 28.3 Å². The number of nitrogens with zero attached hydrogens (tertiary/aromatic N) is 8. The van der Waals surface area contributed by atoms with Crippen LogP contribution in [0.3, 0.4) is 0 Å². The second-order valence-electron chi connectivity index (χ2n) is 17.1. The van der Waals surface area contributed by atoms with Gasteiger partial charge in [0.05, 0.1) is 46.2 Å². The van der Waals surface area contributed by atoms with E-state index in [4.69, 9.17) is 33.0 Å². The van der Waals surface area contributed by atoms with Gasteiger partial charge in [-0.05, 0) is 102 Å². The number of hydrogen-bond donors (Lipinski definition) is 1. The van der Waals surface area contributed by atoms with Gasteiger partial charge in [0.25, 0.3) is 5.91 Å². The molecule has 2 aliphatic rings. The molecule has 0 saturated carbocycles. The van der Waals surface area contributed by atoms with Gasteiger partial charge in [-0.15, -0.1) is 0 Å². The molecule has 0 bridgehead atoms. The van der Waals surface area contributed by atoms with Gasteiger partial charge >= 0.3 is 5.97 Å². The molecular formula is C47H54Cl2N8O5.